The SMILES string of the molecule is CC(C)(CNC(=O)NC1CCN(c2ncccn2)CC1)c1ccccc1F. The second-order valence-electron chi connectivity index (χ2n) is 7.50. The minimum absolute atomic E-state index is 0.113. The molecule has 0 radical (unpaired) electrons. The van der Waals surface area contributed by atoms with E-state index in [1.807, 2.05) is 19.9 Å². The van der Waals surface area contributed by atoms with Crippen molar-refractivity contribution in [3.63, 3.8) is 0 Å². The number of rotatable bonds is 5. The van der Waals surface area contributed by atoms with Crippen molar-refractivity contribution < 1.29 is 9.18 Å². The lowest BCUT2D eigenvalue weighted by atomic mass is 9.84. The molecule has 0 unspecified atom stereocenters. The van der Waals surface area contributed by atoms with Gasteiger partial charge in [0.05, 0.1) is 0 Å². The van der Waals surface area contributed by atoms with Crippen molar-refractivity contribution >= 4 is 12.0 Å². The number of hydrogen-bond acceptors (Lipinski definition) is 4. The summed E-state index contributed by atoms with van der Waals surface area (Å²) >= 11 is 0. The van der Waals surface area contributed by atoms with Gasteiger partial charge in [0.15, 0.2) is 0 Å². The van der Waals surface area contributed by atoms with Gasteiger partial charge in [0.1, 0.15) is 5.82 Å². The van der Waals surface area contributed by atoms with Crippen molar-refractivity contribution in [2.45, 2.75) is 38.1 Å². The van der Waals surface area contributed by atoms with Crippen LogP contribution in [0.25, 0.3) is 0 Å². The van der Waals surface area contributed by atoms with Gasteiger partial charge in [-0.15, -0.1) is 0 Å². The van der Waals surface area contributed by atoms with E-state index in [1.54, 1.807) is 30.6 Å². The Labute approximate surface area is 159 Å². The second kappa shape index (κ2) is 8.33. The Hall–Kier alpha value is -2.70. The van der Waals surface area contributed by atoms with E-state index in [-0.39, 0.29) is 17.9 Å². The average Bonchev–Trinajstić information content (AvgIpc) is 2.68. The molecule has 144 valence electrons. The van der Waals surface area contributed by atoms with Gasteiger partial charge in [-0.1, -0.05) is 32.0 Å². The molecule has 1 aliphatic heterocycles. The summed E-state index contributed by atoms with van der Waals surface area (Å²) in [5.41, 5.74) is 0.109. The zero-order valence-electron chi connectivity index (χ0n) is 15.8. The molecule has 7 heteroatoms. The van der Waals surface area contributed by atoms with Crippen LogP contribution in [-0.2, 0) is 5.41 Å². The number of urea groups is 1. The predicted octanol–water partition coefficient (Wildman–Crippen LogP) is 2.86. The number of carbonyl (C=O) groups excluding carboxylic acids is 1. The third kappa shape index (κ3) is 4.93. The lowest BCUT2D eigenvalue weighted by Crippen LogP contribution is -2.50. The summed E-state index contributed by atoms with van der Waals surface area (Å²) in [6, 6.07) is 8.38. The molecule has 1 aromatic carbocycles. The second-order valence-corrected chi connectivity index (χ2v) is 7.50. The Balaban J connectivity index is 1.46. The van der Waals surface area contributed by atoms with Crippen LogP contribution in [0.1, 0.15) is 32.3 Å². The molecular weight excluding hydrogens is 345 g/mol. The molecule has 3 rings (SSSR count). The van der Waals surface area contributed by atoms with Gasteiger partial charge in [0.2, 0.25) is 5.95 Å². The fourth-order valence-corrected chi connectivity index (χ4v) is 3.32. The lowest BCUT2D eigenvalue weighted by Gasteiger charge is -2.32. The molecule has 2 heterocycles. The highest BCUT2D eigenvalue weighted by Gasteiger charge is 2.26. The van der Waals surface area contributed by atoms with Crippen molar-refractivity contribution in [1.82, 2.24) is 20.6 Å². The first-order chi connectivity index (χ1) is 13.0. The van der Waals surface area contributed by atoms with Gasteiger partial charge in [-0.25, -0.2) is 19.2 Å². The molecule has 1 fully saturated rings. The molecule has 0 aliphatic carbocycles. The number of aromatic nitrogens is 2. The summed E-state index contributed by atoms with van der Waals surface area (Å²) in [4.78, 5) is 22.9. The van der Waals surface area contributed by atoms with E-state index >= 15 is 0 Å². The maximum atomic E-state index is 14.0. The molecule has 0 atom stereocenters. The van der Waals surface area contributed by atoms with E-state index in [4.69, 9.17) is 0 Å². The van der Waals surface area contributed by atoms with Crippen LogP contribution in [-0.4, -0.2) is 41.7 Å². The van der Waals surface area contributed by atoms with E-state index in [1.165, 1.54) is 6.07 Å². The maximum absolute atomic E-state index is 14.0. The topological polar surface area (TPSA) is 70.2 Å². The predicted molar refractivity (Wildman–Crippen MR) is 103 cm³/mol. The van der Waals surface area contributed by atoms with Crippen molar-refractivity contribution in [2.75, 3.05) is 24.5 Å². The van der Waals surface area contributed by atoms with Gasteiger partial charge in [-0.3, -0.25) is 0 Å². The molecular formula is C20H26FN5O. The highest BCUT2D eigenvalue weighted by molar-refractivity contribution is 5.74. The smallest absolute Gasteiger partial charge is 0.315 e. The average molecular weight is 371 g/mol. The van der Waals surface area contributed by atoms with Gasteiger partial charge in [-0.05, 0) is 30.5 Å². The Bertz CT molecular complexity index is 760. The number of halogens is 1. The molecule has 2 amide bonds. The van der Waals surface area contributed by atoms with Crippen LogP contribution in [0.5, 0.6) is 0 Å². The minimum atomic E-state index is -0.489. The molecule has 27 heavy (non-hydrogen) atoms. The molecule has 2 N–H and O–H groups in total. The van der Waals surface area contributed by atoms with Crippen LogP contribution in [0.3, 0.4) is 0 Å². The van der Waals surface area contributed by atoms with Gasteiger partial charge in [0.25, 0.3) is 0 Å². The molecule has 0 spiro atoms. The number of piperidine rings is 1. The zero-order valence-corrected chi connectivity index (χ0v) is 15.8. The lowest BCUT2D eigenvalue weighted by molar-refractivity contribution is 0.231. The summed E-state index contributed by atoms with van der Waals surface area (Å²) in [7, 11) is 0. The van der Waals surface area contributed by atoms with Crippen molar-refractivity contribution in [1.29, 1.82) is 0 Å². The quantitative estimate of drug-likeness (QED) is 0.848. The number of nitrogens with one attached hydrogen (secondary N) is 2. The first-order valence-electron chi connectivity index (χ1n) is 9.27. The number of benzene rings is 1. The van der Waals surface area contributed by atoms with Gasteiger partial charge >= 0.3 is 6.03 Å². The summed E-state index contributed by atoms with van der Waals surface area (Å²) in [6.07, 6.45) is 5.14. The molecule has 1 aromatic heterocycles. The summed E-state index contributed by atoms with van der Waals surface area (Å²) in [5.74, 6) is 0.479. The largest absolute Gasteiger partial charge is 0.341 e. The van der Waals surface area contributed by atoms with Gasteiger partial charge in [-0.2, -0.15) is 0 Å². The van der Waals surface area contributed by atoms with E-state index in [0.717, 1.165) is 31.9 Å². The Kier molecular flexibility index (Phi) is 5.88. The standard InChI is InChI=1S/C20H26FN5O/c1-20(2,16-6-3-4-7-17(16)21)14-24-19(27)25-15-8-12-26(13-9-15)18-22-10-5-11-23-18/h3-7,10-11,15H,8-9,12-14H2,1-2H3,(H2,24,25,27). The monoisotopic (exact) mass is 371 g/mol. The summed E-state index contributed by atoms with van der Waals surface area (Å²) < 4.78 is 14.0. The normalized spacial score (nSPS) is 15.4. The highest BCUT2D eigenvalue weighted by atomic mass is 19.1. The molecule has 2 aromatic rings. The third-order valence-corrected chi connectivity index (χ3v) is 4.96. The Morgan fingerprint density at radius 3 is 2.52 bits per heavy atom. The van der Waals surface area contributed by atoms with Crippen LogP contribution < -0.4 is 15.5 Å². The Morgan fingerprint density at radius 2 is 1.85 bits per heavy atom. The maximum Gasteiger partial charge on any atom is 0.315 e. The number of carbonyl (C=O) groups is 1. The first kappa shape index (κ1) is 19.1. The van der Waals surface area contributed by atoms with Crippen LogP contribution in [0, 0.1) is 5.82 Å². The van der Waals surface area contributed by atoms with E-state index in [2.05, 4.69) is 25.5 Å². The number of amides is 2. The van der Waals surface area contributed by atoms with E-state index in [0.29, 0.717) is 12.1 Å². The summed E-state index contributed by atoms with van der Waals surface area (Å²) in [5, 5.41) is 5.90. The van der Waals surface area contributed by atoms with Crippen LogP contribution in [0.2, 0.25) is 0 Å². The number of anilines is 1. The third-order valence-electron chi connectivity index (χ3n) is 4.96. The highest BCUT2D eigenvalue weighted by Crippen LogP contribution is 2.24. The fourth-order valence-electron chi connectivity index (χ4n) is 3.32. The first-order valence-corrected chi connectivity index (χ1v) is 9.27. The van der Waals surface area contributed by atoms with Crippen molar-refractivity contribution in [3.05, 3.63) is 54.1 Å². The van der Waals surface area contributed by atoms with E-state index < -0.39 is 5.41 Å². The van der Waals surface area contributed by atoms with Crippen LogP contribution in [0.4, 0.5) is 15.1 Å². The molecule has 0 bridgehead atoms. The number of nitrogens with zero attached hydrogens (tertiary/aromatic N) is 3. The summed E-state index contributed by atoms with van der Waals surface area (Å²) in [6.45, 7) is 5.80. The van der Waals surface area contributed by atoms with Crippen LogP contribution >= 0.6 is 0 Å². The molecule has 0 saturated carbocycles. The number of hydrogen-bond donors (Lipinski definition) is 2. The van der Waals surface area contributed by atoms with E-state index in [9.17, 15) is 9.18 Å². The minimum Gasteiger partial charge on any atom is -0.341 e. The van der Waals surface area contributed by atoms with Crippen molar-refractivity contribution in [2.24, 2.45) is 0 Å². The van der Waals surface area contributed by atoms with Crippen LogP contribution in [0.15, 0.2) is 42.7 Å². The zero-order chi connectivity index (χ0) is 19.3. The van der Waals surface area contributed by atoms with Gasteiger partial charge in [0, 0.05) is 43.5 Å². The molecule has 1 saturated heterocycles. The molecule has 6 nitrogen and oxygen atoms in total. The molecule has 1 aliphatic rings. The Morgan fingerprint density at radius 1 is 1.19 bits per heavy atom. The van der Waals surface area contributed by atoms with Gasteiger partial charge < -0.3 is 15.5 Å². The fraction of sp³-hybridized carbons (Fsp3) is 0.450. The van der Waals surface area contributed by atoms with Crippen molar-refractivity contribution in [3.8, 4) is 0 Å².